The van der Waals surface area contributed by atoms with Crippen LogP contribution in [0.2, 0.25) is 0 Å². The van der Waals surface area contributed by atoms with Gasteiger partial charge in [0.15, 0.2) is 5.78 Å². The Hall–Kier alpha value is -1.75. The minimum atomic E-state index is -0.347. The first-order valence-electron chi connectivity index (χ1n) is 6.69. The van der Waals surface area contributed by atoms with Crippen LogP contribution in [0.25, 0.3) is 0 Å². The molecule has 0 bridgehead atoms. The molecule has 0 atom stereocenters. The lowest BCUT2D eigenvalue weighted by Crippen LogP contribution is -2.39. The number of ketones is 1. The fraction of sp³-hybridized carbons (Fsp3) is 0.467. The molecule has 0 spiro atoms. The predicted molar refractivity (Wildman–Crippen MR) is 71.9 cm³/mol. The maximum absolute atomic E-state index is 12.8. The van der Waals surface area contributed by atoms with Gasteiger partial charge in [0, 0.05) is 5.56 Å². The Bertz CT molecular complexity index is 478. The van der Waals surface area contributed by atoms with Crippen molar-refractivity contribution >= 4 is 11.8 Å². The number of rotatable bonds is 4. The highest BCUT2D eigenvalue weighted by Crippen LogP contribution is 2.18. The monoisotopic (exact) mass is 279 g/mol. The molecule has 20 heavy (non-hydrogen) atoms. The highest BCUT2D eigenvalue weighted by atomic mass is 19.1. The summed E-state index contributed by atoms with van der Waals surface area (Å²) in [6.07, 6.45) is 1.42. The lowest BCUT2D eigenvalue weighted by atomic mass is 9.96. The minimum absolute atomic E-state index is 0.0264. The van der Waals surface area contributed by atoms with Crippen LogP contribution >= 0.6 is 0 Å². The van der Waals surface area contributed by atoms with Gasteiger partial charge < -0.3 is 4.74 Å². The molecule has 0 saturated carbocycles. The molecule has 0 amide bonds. The predicted octanol–water partition coefficient (Wildman–Crippen LogP) is 1.89. The Balaban J connectivity index is 1.85. The van der Waals surface area contributed by atoms with E-state index in [-0.39, 0.29) is 23.5 Å². The second-order valence-corrected chi connectivity index (χ2v) is 5.00. The summed E-state index contributed by atoms with van der Waals surface area (Å²) >= 11 is 0. The summed E-state index contributed by atoms with van der Waals surface area (Å²) in [5, 5.41) is 0. The molecule has 0 radical (unpaired) electrons. The van der Waals surface area contributed by atoms with Gasteiger partial charge in [0.05, 0.1) is 19.6 Å². The number of carbonyl (C=O) groups excluding carboxylic acids is 2. The van der Waals surface area contributed by atoms with Crippen LogP contribution in [0.5, 0.6) is 0 Å². The number of esters is 1. The molecule has 0 unspecified atom stereocenters. The number of methoxy groups -OCH3 is 1. The molecule has 1 aliphatic rings. The Morgan fingerprint density at radius 3 is 2.40 bits per heavy atom. The molecule has 5 heteroatoms. The van der Waals surface area contributed by atoms with Crippen LogP contribution in [0.15, 0.2) is 24.3 Å². The molecular weight excluding hydrogens is 261 g/mol. The molecule has 2 rings (SSSR count). The quantitative estimate of drug-likeness (QED) is 0.624. The second-order valence-electron chi connectivity index (χ2n) is 5.00. The van der Waals surface area contributed by atoms with Crippen molar-refractivity contribution in [1.82, 2.24) is 4.90 Å². The number of benzene rings is 1. The van der Waals surface area contributed by atoms with Gasteiger partial charge >= 0.3 is 5.97 Å². The third-order valence-electron chi connectivity index (χ3n) is 3.66. The smallest absolute Gasteiger partial charge is 0.308 e. The zero-order valence-electron chi connectivity index (χ0n) is 11.5. The van der Waals surface area contributed by atoms with E-state index in [1.165, 1.54) is 31.4 Å². The van der Waals surface area contributed by atoms with Gasteiger partial charge in [-0.05, 0) is 50.2 Å². The zero-order chi connectivity index (χ0) is 14.5. The lowest BCUT2D eigenvalue weighted by molar-refractivity contribution is -0.146. The number of hydrogen-bond donors (Lipinski definition) is 0. The fourth-order valence-electron chi connectivity index (χ4n) is 2.42. The molecule has 0 N–H and O–H groups in total. The van der Waals surface area contributed by atoms with Crippen molar-refractivity contribution in [2.45, 2.75) is 12.8 Å². The summed E-state index contributed by atoms with van der Waals surface area (Å²) < 4.78 is 17.5. The molecule has 1 heterocycles. The number of carbonyl (C=O) groups is 2. The van der Waals surface area contributed by atoms with Crippen LogP contribution in [0, 0.1) is 11.7 Å². The van der Waals surface area contributed by atoms with Crippen LogP contribution in [0.4, 0.5) is 4.39 Å². The largest absolute Gasteiger partial charge is 0.469 e. The van der Waals surface area contributed by atoms with Crippen LogP contribution in [-0.2, 0) is 9.53 Å². The van der Waals surface area contributed by atoms with E-state index < -0.39 is 0 Å². The van der Waals surface area contributed by atoms with E-state index in [0.717, 1.165) is 0 Å². The third-order valence-corrected chi connectivity index (χ3v) is 3.66. The fourth-order valence-corrected chi connectivity index (χ4v) is 2.42. The molecule has 1 aliphatic heterocycles. The van der Waals surface area contributed by atoms with Crippen molar-refractivity contribution in [3.05, 3.63) is 35.6 Å². The van der Waals surface area contributed by atoms with Gasteiger partial charge in [-0.15, -0.1) is 0 Å². The second kappa shape index (κ2) is 6.61. The van der Waals surface area contributed by atoms with Crippen LogP contribution in [0.1, 0.15) is 23.2 Å². The Labute approximate surface area is 117 Å². The number of ether oxygens (including phenoxy) is 1. The number of likely N-dealkylation sites (tertiary alicyclic amines) is 1. The number of hydrogen-bond acceptors (Lipinski definition) is 4. The highest BCUT2D eigenvalue weighted by Gasteiger charge is 2.26. The van der Waals surface area contributed by atoms with E-state index in [4.69, 9.17) is 4.74 Å². The van der Waals surface area contributed by atoms with Crippen LogP contribution < -0.4 is 0 Å². The average Bonchev–Trinajstić information content (AvgIpc) is 2.48. The normalized spacial score (nSPS) is 16.9. The highest BCUT2D eigenvalue weighted by molar-refractivity contribution is 5.97. The summed E-state index contributed by atoms with van der Waals surface area (Å²) in [5.41, 5.74) is 0.515. The molecule has 1 aromatic carbocycles. The van der Waals surface area contributed by atoms with E-state index >= 15 is 0 Å². The first kappa shape index (κ1) is 14.7. The summed E-state index contributed by atoms with van der Waals surface area (Å²) in [6.45, 7) is 1.71. The summed E-state index contributed by atoms with van der Waals surface area (Å²) in [7, 11) is 1.40. The molecule has 1 fully saturated rings. The lowest BCUT2D eigenvalue weighted by Gasteiger charge is -2.29. The van der Waals surface area contributed by atoms with Crippen molar-refractivity contribution in [2.75, 3.05) is 26.7 Å². The van der Waals surface area contributed by atoms with Crippen molar-refractivity contribution in [3.63, 3.8) is 0 Å². The van der Waals surface area contributed by atoms with Crippen molar-refractivity contribution < 1.29 is 18.7 Å². The molecular formula is C15H18FNO3. The van der Waals surface area contributed by atoms with Gasteiger partial charge in [0.25, 0.3) is 0 Å². The standard InChI is InChI=1S/C15H18FNO3/c1-20-15(19)12-6-8-17(9-7-12)10-14(18)11-2-4-13(16)5-3-11/h2-5,12H,6-10H2,1H3. The molecule has 0 aliphatic carbocycles. The number of piperidine rings is 1. The third kappa shape index (κ3) is 3.63. The van der Waals surface area contributed by atoms with E-state index in [2.05, 4.69) is 0 Å². The summed E-state index contributed by atoms with van der Waals surface area (Å²) in [6, 6.07) is 5.57. The maximum atomic E-state index is 12.8. The van der Waals surface area contributed by atoms with E-state index in [1.54, 1.807) is 0 Å². The molecule has 4 nitrogen and oxygen atoms in total. The van der Waals surface area contributed by atoms with Crippen LogP contribution in [0.3, 0.4) is 0 Å². The molecule has 1 saturated heterocycles. The maximum Gasteiger partial charge on any atom is 0.308 e. The number of Topliss-reactive ketones (excluding diaryl/α,β-unsaturated/α-hetero) is 1. The van der Waals surface area contributed by atoms with E-state index in [9.17, 15) is 14.0 Å². The Morgan fingerprint density at radius 2 is 1.85 bits per heavy atom. The van der Waals surface area contributed by atoms with Gasteiger partial charge in [-0.1, -0.05) is 0 Å². The summed E-state index contributed by atoms with van der Waals surface area (Å²) in [5.74, 6) is -0.603. The molecule has 0 aromatic heterocycles. The summed E-state index contributed by atoms with van der Waals surface area (Å²) in [4.78, 5) is 25.5. The van der Waals surface area contributed by atoms with Crippen molar-refractivity contribution in [3.8, 4) is 0 Å². The Morgan fingerprint density at radius 1 is 1.25 bits per heavy atom. The van der Waals surface area contributed by atoms with Gasteiger partial charge in [0.2, 0.25) is 0 Å². The van der Waals surface area contributed by atoms with Crippen LogP contribution in [-0.4, -0.2) is 43.4 Å². The average molecular weight is 279 g/mol. The molecule has 1 aromatic rings. The topological polar surface area (TPSA) is 46.6 Å². The van der Waals surface area contributed by atoms with Gasteiger partial charge in [0.1, 0.15) is 5.82 Å². The van der Waals surface area contributed by atoms with E-state index in [1.807, 2.05) is 4.90 Å². The van der Waals surface area contributed by atoms with Crippen molar-refractivity contribution in [2.24, 2.45) is 5.92 Å². The van der Waals surface area contributed by atoms with Gasteiger partial charge in [-0.25, -0.2) is 4.39 Å². The molecule has 108 valence electrons. The SMILES string of the molecule is COC(=O)C1CCN(CC(=O)c2ccc(F)cc2)CC1. The zero-order valence-corrected chi connectivity index (χ0v) is 11.5. The van der Waals surface area contributed by atoms with Gasteiger partial charge in [-0.3, -0.25) is 14.5 Å². The van der Waals surface area contributed by atoms with Gasteiger partial charge in [-0.2, -0.15) is 0 Å². The number of halogens is 1. The Kier molecular flexibility index (Phi) is 4.84. The minimum Gasteiger partial charge on any atom is -0.469 e. The van der Waals surface area contributed by atoms with E-state index in [0.29, 0.717) is 38.0 Å². The first-order valence-corrected chi connectivity index (χ1v) is 6.69. The van der Waals surface area contributed by atoms with Crippen molar-refractivity contribution in [1.29, 1.82) is 0 Å². The first-order chi connectivity index (χ1) is 9.60. The number of nitrogens with zero attached hydrogens (tertiary/aromatic N) is 1.